The third kappa shape index (κ3) is 4.25. The van der Waals surface area contributed by atoms with E-state index in [0.717, 1.165) is 54.4 Å². The van der Waals surface area contributed by atoms with Crippen molar-refractivity contribution in [2.24, 2.45) is 10.2 Å². The molecule has 2 N–H and O–H groups in total. The van der Waals surface area contributed by atoms with E-state index in [9.17, 15) is 9.90 Å². The molecule has 0 spiro atoms. The van der Waals surface area contributed by atoms with Gasteiger partial charge in [-0.1, -0.05) is 18.2 Å². The summed E-state index contributed by atoms with van der Waals surface area (Å²) in [6.45, 7) is 7.97. The van der Waals surface area contributed by atoms with Crippen LogP contribution in [0.2, 0.25) is 0 Å². The van der Waals surface area contributed by atoms with Crippen molar-refractivity contribution in [2.45, 2.75) is 58.4 Å². The molecule has 2 aromatic carbocycles. The minimum Gasteiger partial charge on any atom is -0.505 e. The maximum absolute atomic E-state index is 13.0. The van der Waals surface area contributed by atoms with Crippen molar-refractivity contribution in [2.75, 3.05) is 23.5 Å². The normalized spacial score (nSPS) is 22.7. The largest absolute Gasteiger partial charge is 0.505 e. The SMILES string of the molecule is CC1=NN(c2ccc(C)c(C)c2)C(=O)/C1=N/Nc1cccc(C2CCCN(C3CC3)C2)c1O. The number of aromatic hydroxyl groups is 1. The second-order valence-electron chi connectivity index (χ2n) is 9.45. The van der Waals surface area contributed by atoms with Crippen LogP contribution in [0.4, 0.5) is 11.4 Å². The van der Waals surface area contributed by atoms with Crippen molar-refractivity contribution >= 4 is 28.7 Å². The van der Waals surface area contributed by atoms with Gasteiger partial charge in [0.25, 0.3) is 0 Å². The van der Waals surface area contributed by atoms with Crippen molar-refractivity contribution in [3.63, 3.8) is 0 Å². The van der Waals surface area contributed by atoms with Crippen LogP contribution in [-0.4, -0.2) is 46.5 Å². The molecule has 2 fully saturated rings. The van der Waals surface area contributed by atoms with Gasteiger partial charge in [-0.3, -0.25) is 15.1 Å². The van der Waals surface area contributed by atoms with E-state index in [1.54, 1.807) is 13.0 Å². The van der Waals surface area contributed by atoms with E-state index >= 15 is 0 Å². The number of hydrogen-bond acceptors (Lipinski definition) is 6. The minimum atomic E-state index is -0.286. The Balaban J connectivity index is 1.34. The Labute approximate surface area is 194 Å². The monoisotopic (exact) mass is 445 g/mol. The fourth-order valence-corrected chi connectivity index (χ4v) is 4.79. The number of para-hydroxylation sites is 1. The summed E-state index contributed by atoms with van der Waals surface area (Å²) < 4.78 is 0. The third-order valence-corrected chi connectivity index (χ3v) is 7.03. The van der Waals surface area contributed by atoms with Gasteiger partial charge >= 0.3 is 5.91 Å². The maximum Gasteiger partial charge on any atom is 0.301 e. The highest BCUT2D eigenvalue weighted by atomic mass is 16.3. The Kier molecular flexibility index (Phi) is 5.66. The highest BCUT2D eigenvalue weighted by Gasteiger charge is 2.34. The number of piperidine rings is 1. The number of nitrogens with zero attached hydrogens (tertiary/aromatic N) is 4. The number of rotatable bonds is 5. The number of aryl methyl sites for hydroxylation is 2. The lowest BCUT2D eigenvalue weighted by atomic mass is 9.89. The number of hydrogen-bond donors (Lipinski definition) is 2. The molecule has 2 aromatic rings. The molecule has 33 heavy (non-hydrogen) atoms. The van der Waals surface area contributed by atoms with Crippen molar-refractivity contribution < 1.29 is 9.90 Å². The number of phenols is 1. The van der Waals surface area contributed by atoms with Gasteiger partial charge in [-0.15, -0.1) is 0 Å². The number of nitrogens with one attached hydrogen (secondary N) is 1. The van der Waals surface area contributed by atoms with Gasteiger partial charge in [0, 0.05) is 24.1 Å². The first-order chi connectivity index (χ1) is 15.9. The molecule has 7 nitrogen and oxygen atoms in total. The lowest BCUT2D eigenvalue weighted by Crippen LogP contribution is -2.36. The molecule has 2 aliphatic heterocycles. The number of likely N-dealkylation sites (tertiary alicyclic amines) is 1. The number of carbonyl (C=O) groups is 1. The van der Waals surface area contributed by atoms with Crippen LogP contribution in [0.5, 0.6) is 5.75 Å². The van der Waals surface area contributed by atoms with E-state index in [1.807, 2.05) is 44.2 Å². The zero-order valence-electron chi connectivity index (χ0n) is 19.5. The molecule has 3 aliphatic rings. The van der Waals surface area contributed by atoms with Crippen molar-refractivity contribution in [3.05, 3.63) is 53.1 Å². The number of benzene rings is 2. The summed E-state index contributed by atoms with van der Waals surface area (Å²) in [5.41, 5.74) is 8.15. The van der Waals surface area contributed by atoms with Crippen LogP contribution in [0.25, 0.3) is 0 Å². The Bertz CT molecular complexity index is 1150. The second-order valence-corrected chi connectivity index (χ2v) is 9.45. The summed E-state index contributed by atoms with van der Waals surface area (Å²) in [6.07, 6.45) is 4.82. The standard InChI is InChI=1S/C26H31N5O2/c1-16-9-10-21(14-17(16)2)31-26(33)24(18(3)29-31)28-27-23-8-4-7-22(25(23)32)19-6-5-13-30(15-19)20-11-12-20/h4,7-10,14,19-20,27,32H,5-6,11-13,15H2,1-3H3/b28-24+. The smallest absolute Gasteiger partial charge is 0.301 e. The Morgan fingerprint density at radius 2 is 1.91 bits per heavy atom. The first-order valence-corrected chi connectivity index (χ1v) is 11.8. The molecule has 0 aromatic heterocycles. The molecule has 1 saturated carbocycles. The summed E-state index contributed by atoms with van der Waals surface area (Å²) in [5.74, 6) is 0.243. The lowest BCUT2D eigenvalue weighted by Gasteiger charge is -2.33. The van der Waals surface area contributed by atoms with Gasteiger partial charge in [0.15, 0.2) is 5.71 Å². The molecule has 1 amide bonds. The van der Waals surface area contributed by atoms with Crippen molar-refractivity contribution in [1.29, 1.82) is 0 Å². The quantitative estimate of drug-likeness (QED) is 0.523. The molecule has 1 saturated heterocycles. The molecule has 172 valence electrons. The molecular formula is C26H31N5O2. The van der Waals surface area contributed by atoms with Crippen LogP contribution in [-0.2, 0) is 4.79 Å². The van der Waals surface area contributed by atoms with E-state index in [4.69, 9.17) is 0 Å². The van der Waals surface area contributed by atoms with Crippen molar-refractivity contribution in [1.82, 2.24) is 4.90 Å². The van der Waals surface area contributed by atoms with Crippen LogP contribution in [0.1, 0.15) is 55.2 Å². The fourth-order valence-electron chi connectivity index (χ4n) is 4.79. The van der Waals surface area contributed by atoms with Crippen LogP contribution in [0, 0.1) is 13.8 Å². The average Bonchev–Trinajstić information content (AvgIpc) is 3.62. The van der Waals surface area contributed by atoms with Gasteiger partial charge in [-0.25, -0.2) is 0 Å². The van der Waals surface area contributed by atoms with Gasteiger partial charge in [-0.05, 0) is 82.3 Å². The van der Waals surface area contributed by atoms with Gasteiger partial charge < -0.3 is 5.11 Å². The van der Waals surface area contributed by atoms with Gasteiger partial charge in [0.05, 0.1) is 17.1 Å². The number of carbonyl (C=O) groups excluding carboxylic acids is 1. The summed E-state index contributed by atoms with van der Waals surface area (Å²) in [7, 11) is 0. The van der Waals surface area contributed by atoms with E-state index < -0.39 is 0 Å². The van der Waals surface area contributed by atoms with E-state index in [2.05, 4.69) is 20.5 Å². The number of anilines is 2. The number of amides is 1. The second kappa shape index (κ2) is 8.63. The van der Waals surface area contributed by atoms with E-state index in [1.165, 1.54) is 17.9 Å². The Morgan fingerprint density at radius 1 is 1.09 bits per heavy atom. The summed E-state index contributed by atoms with van der Waals surface area (Å²) >= 11 is 0. The zero-order valence-corrected chi connectivity index (χ0v) is 19.5. The lowest BCUT2D eigenvalue weighted by molar-refractivity contribution is -0.112. The molecule has 0 radical (unpaired) electrons. The molecule has 2 heterocycles. The minimum absolute atomic E-state index is 0.218. The van der Waals surface area contributed by atoms with Gasteiger partial charge in [-0.2, -0.15) is 15.2 Å². The third-order valence-electron chi connectivity index (χ3n) is 7.03. The van der Waals surface area contributed by atoms with Crippen LogP contribution >= 0.6 is 0 Å². The average molecular weight is 446 g/mol. The van der Waals surface area contributed by atoms with Gasteiger partial charge in [0.1, 0.15) is 5.75 Å². The highest BCUT2D eigenvalue weighted by Crippen LogP contribution is 2.39. The molecule has 5 rings (SSSR count). The van der Waals surface area contributed by atoms with E-state index in [-0.39, 0.29) is 17.4 Å². The van der Waals surface area contributed by atoms with Gasteiger partial charge in [0.2, 0.25) is 0 Å². The van der Waals surface area contributed by atoms with E-state index in [0.29, 0.717) is 17.3 Å². The molecule has 1 unspecified atom stereocenters. The van der Waals surface area contributed by atoms with Crippen LogP contribution in [0.3, 0.4) is 0 Å². The molecule has 1 aliphatic carbocycles. The molecule has 1 atom stereocenters. The summed E-state index contributed by atoms with van der Waals surface area (Å²) in [6, 6.07) is 12.3. The maximum atomic E-state index is 13.0. The Morgan fingerprint density at radius 3 is 2.67 bits per heavy atom. The topological polar surface area (TPSA) is 80.5 Å². The zero-order chi connectivity index (χ0) is 23.1. The highest BCUT2D eigenvalue weighted by molar-refractivity contribution is 6.71. The first-order valence-electron chi connectivity index (χ1n) is 11.8. The number of phenolic OH excluding ortho intramolecular Hbond substituents is 1. The Hall–Kier alpha value is -3.19. The predicted octanol–water partition coefficient (Wildman–Crippen LogP) is 4.54. The molecule has 7 heteroatoms. The van der Waals surface area contributed by atoms with Crippen molar-refractivity contribution in [3.8, 4) is 5.75 Å². The summed E-state index contributed by atoms with van der Waals surface area (Å²) in [5, 5.41) is 21.1. The number of hydrazone groups is 2. The molecule has 0 bridgehead atoms. The summed E-state index contributed by atoms with van der Waals surface area (Å²) in [4.78, 5) is 15.6. The van der Waals surface area contributed by atoms with Crippen LogP contribution < -0.4 is 10.4 Å². The van der Waals surface area contributed by atoms with Crippen LogP contribution in [0.15, 0.2) is 46.6 Å². The predicted molar refractivity (Wildman–Crippen MR) is 132 cm³/mol. The molecular weight excluding hydrogens is 414 g/mol. The first kappa shape index (κ1) is 21.6. The fraction of sp³-hybridized carbons (Fsp3) is 0.423.